The number of carbonyl (C=O) groups is 1. The van der Waals surface area contributed by atoms with Gasteiger partial charge in [-0.05, 0) is 48.4 Å². The summed E-state index contributed by atoms with van der Waals surface area (Å²) in [6, 6.07) is 6.82. The van der Waals surface area contributed by atoms with Gasteiger partial charge in [0, 0.05) is 11.8 Å². The fraction of sp³-hybridized carbons (Fsp3) is 0.632. The van der Waals surface area contributed by atoms with Crippen LogP contribution in [0.5, 0.6) is 0 Å². The predicted molar refractivity (Wildman–Crippen MR) is 89.5 cm³/mol. The second-order valence-corrected chi connectivity index (χ2v) is 7.13. The summed E-state index contributed by atoms with van der Waals surface area (Å²) in [6.07, 6.45) is 9.97. The van der Waals surface area contributed by atoms with Gasteiger partial charge in [0.25, 0.3) is 0 Å². The summed E-state index contributed by atoms with van der Waals surface area (Å²) < 4.78 is 0. The third-order valence-electron chi connectivity index (χ3n) is 5.69. The molecule has 3 heteroatoms. The van der Waals surface area contributed by atoms with Crippen LogP contribution >= 0.6 is 0 Å². The minimum Gasteiger partial charge on any atom is -0.369 e. The Morgan fingerprint density at radius 1 is 1.14 bits per heavy atom. The second-order valence-electron chi connectivity index (χ2n) is 7.13. The molecule has 4 N–H and O–H groups in total. The summed E-state index contributed by atoms with van der Waals surface area (Å²) in [6.45, 7) is 0.503. The number of rotatable bonds is 4. The summed E-state index contributed by atoms with van der Waals surface area (Å²) in [5, 5.41) is 0. The molecule has 2 unspecified atom stereocenters. The maximum Gasteiger partial charge on any atom is 0.221 e. The number of primary amides is 1. The van der Waals surface area contributed by atoms with Crippen molar-refractivity contribution in [3.05, 3.63) is 34.9 Å². The topological polar surface area (TPSA) is 69.1 Å². The highest BCUT2D eigenvalue weighted by molar-refractivity contribution is 5.78. The van der Waals surface area contributed by atoms with Crippen LogP contribution in [0.3, 0.4) is 0 Å². The van der Waals surface area contributed by atoms with E-state index >= 15 is 0 Å². The number of benzene rings is 1. The van der Waals surface area contributed by atoms with Crippen LogP contribution < -0.4 is 11.5 Å². The molecule has 1 aromatic carbocycles. The Morgan fingerprint density at radius 2 is 1.91 bits per heavy atom. The molecule has 0 heterocycles. The molecule has 22 heavy (non-hydrogen) atoms. The molecule has 120 valence electrons. The van der Waals surface area contributed by atoms with Crippen molar-refractivity contribution < 1.29 is 4.79 Å². The van der Waals surface area contributed by atoms with E-state index in [1.807, 2.05) is 0 Å². The van der Waals surface area contributed by atoms with E-state index in [0.717, 1.165) is 18.8 Å². The van der Waals surface area contributed by atoms with Crippen LogP contribution in [0.1, 0.15) is 61.1 Å². The highest BCUT2D eigenvalue weighted by atomic mass is 16.1. The number of fused-ring (bicyclic) bond motifs is 1. The number of carbonyl (C=O) groups excluding carboxylic acids is 1. The van der Waals surface area contributed by atoms with Gasteiger partial charge in [0.15, 0.2) is 0 Å². The zero-order valence-corrected chi connectivity index (χ0v) is 13.4. The second kappa shape index (κ2) is 6.82. The number of amides is 1. The maximum absolute atomic E-state index is 11.6. The van der Waals surface area contributed by atoms with E-state index in [-0.39, 0.29) is 17.7 Å². The van der Waals surface area contributed by atoms with E-state index in [2.05, 4.69) is 18.2 Å². The van der Waals surface area contributed by atoms with Crippen molar-refractivity contribution in [2.45, 2.75) is 57.3 Å². The van der Waals surface area contributed by atoms with Crippen LogP contribution in [-0.4, -0.2) is 12.5 Å². The van der Waals surface area contributed by atoms with Crippen molar-refractivity contribution in [1.29, 1.82) is 0 Å². The Bertz CT molecular complexity index is 534. The SMILES string of the molecule is NCC1c2ccc(CC3CCCCC3)cc2CCC1C(N)=O. The van der Waals surface area contributed by atoms with Gasteiger partial charge in [-0.3, -0.25) is 4.79 Å². The van der Waals surface area contributed by atoms with Crippen molar-refractivity contribution in [3.8, 4) is 0 Å². The molecule has 2 aliphatic rings. The molecule has 0 saturated heterocycles. The monoisotopic (exact) mass is 300 g/mol. The first-order chi connectivity index (χ1) is 10.7. The normalized spacial score (nSPS) is 25.7. The van der Waals surface area contributed by atoms with Gasteiger partial charge in [-0.1, -0.05) is 50.3 Å². The van der Waals surface area contributed by atoms with Gasteiger partial charge >= 0.3 is 0 Å². The number of nitrogens with two attached hydrogens (primary N) is 2. The first kappa shape index (κ1) is 15.5. The van der Waals surface area contributed by atoms with Crippen LogP contribution in [-0.2, 0) is 17.6 Å². The first-order valence-corrected chi connectivity index (χ1v) is 8.80. The third kappa shape index (κ3) is 3.19. The zero-order chi connectivity index (χ0) is 15.5. The number of hydrogen-bond donors (Lipinski definition) is 2. The lowest BCUT2D eigenvalue weighted by atomic mass is 9.74. The lowest BCUT2D eigenvalue weighted by molar-refractivity contribution is -0.122. The fourth-order valence-electron chi connectivity index (χ4n) is 4.45. The molecule has 3 nitrogen and oxygen atoms in total. The molecule has 1 fully saturated rings. The Balaban J connectivity index is 1.77. The summed E-state index contributed by atoms with van der Waals surface area (Å²) >= 11 is 0. The Kier molecular flexibility index (Phi) is 4.82. The van der Waals surface area contributed by atoms with Gasteiger partial charge in [0.2, 0.25) is 5.91 Å². The molecule has 0 aromatic heterocycles. The van der Waals surface area contributed by atoms with Crippen LogP contribution in [0.25, 0.3) is 0 Å². The molecule has 2 aliphatic carbocycles. The predicted octanol–water partition coefficient (Wildman–Crippen LogP) is 2.90. The third-order valence-corrected chi connectivity index (χ3v) is 5.69. The van der Waals surface area contributed by atoms with Crippen molar-refractivity contribution >= 4 is 5.91 Å². The molecule has 0 aliphatic heterocycles. The summed E-state index contributed by atoms with van der Waals surface area (Å²) in [7, 11) is 0. The summed E-state index contributed by atoms with van der Waals surface area (Å²) in [5.74, 6) is 0.665. The maximum atomic E-state index is 11.6. The van der Waals surface area contributed by atoms with Gasteiger partial charge in [-0.2, -0.15) is 0 Å². The molecule has 0 spiro atoms. The Morgan fingerprint density at radius 3 is 2.59 bits per heavy atom. The minimum atomic E-state index is -0.201. The van der Waals surface area contributed by atoms with Gasteiger partial charge in [0.05, 0.1) is 0 Å². The molecule has 2 atom stereocenters. The fourth-order valence-corrected chi connectivity index (χ4v) is 4.45. The smallest absolute Gasteiger partial charge is 0.221 e. The quantitative estimate of drug-likeness (QED) is 0.897. The Labute approximate surface area is 133 Å². The molecule has 0 bridgehead atoms. The van der Waals surface area contributed by atoms with Gasteiger partial charge < -0.3 is 11.5 Å². The van der Waals surface area contributed by atoms with E-state index in [0.29, 0.717) is 6.54 Å². The summed E-state index contributed by atoms with van der Waals surface area (Å²) in [4.78, 5) is 11.6. The molecular weight excluding hydrogens is 272 g/mol. The lowest BCUT2D eigenvalue weighted by Crippen LogP contribution is -2.36. The van der Waals surface area contributed by atoms with E-state index in [9.17, 15) is 4.79 Å². The average Bonchev–Trinajstić information content (AvgIpc) is 2.54. The average molecular weight is 300 g/mol. The zero-order valence-electron chi connectivity index (χ0n) is 13.4. The van der Waals surface area contributed by atoms with Crippen molar-refractivity contribution in [3.63, 3.8) is 0 Å². The van der Waals surface area contributed by atoms with Gasteiger partial charge in [0.1, 0.15) is 0 Å². The van der Waals surface area contributed by atoms with Crippen LogP contribution in [0.4, 0.5) is 0 Å². The highest BCUT2D eigenvalue weighted by Gasteiger charge is 2.32. The van der Waals surface area contributed by atoms with E-state index < -0.39 is 0 Å². The molecule has 3 rings (SSSR count). The minimum absolute atomic E-state index is 0.0957. The van der Waals surface area contributed by atoms with Crippen molar-refractivity contribution in [1.82, 2.24) is 0 Å². The number of aryl methyl sites for hydroxylation is 1. The largest absolute Gasteiger partial charge is 0.369 e. The molecule has 1 saturated carbocycles. The molecule has 1 aromatic rings. The number of hydrogen-bond acceptors (Lipinski definition) is 2. The van der Waals surface area contributed by atoms with Crippen LogP contribution in [0.15, 0.2) is 18.2 Å². The molecule has 0 radical (unpaired) electrons. The van der Waals surface area contributed by atoms with Crippen molar-refractivity contribution in [2.24, 2.45) is 23.3 Å². The van der Waals surface area contributed by atoms with Crippen molar-refractivity contribution in [2.75, 3.05) is 6.54 Å². The first-order valence-electron chi connectivity index (χ1n) is 8.80. The van der Waals surface area contributed by atoms with Crippen LogP contribution in [0, 0.1) is 11.8 Å². The standard InChI is InChI=1S/C19H28N2O/c20-12-18-16-8-6-14(10-13-4-2-1-3-5-13)11-15(16)7-9-17(18)19(21)22/h6,8,11,13,17-18H,1-5,7,9-10,12,20H2,(H2,21,22). The molecule has 1 amide bonds. The molecular formula is C19H28N2O. The Hall–Kier alpha value is -1.35. The van der Waals surface area contributed by atoms with E-state index in [1.54, 1.807) is 0 Å². The van der Waals surface area contributed by atoms with E-state index in [4.69, 9.17) is 11.5 Å². The lowest BCUT2D eigenvalue weighted by Gasteiger charge is -2.31. The van der Waals surface area contributed by atoms with Gasteiger partial charge in [-0.25, -0.2) is 0 Å². The van der Waals surface area contributed by atoms with E-state index in [1.165, 1.54) is 55.2 Å². The summed E-state index contributed by atoms with van der Waals surface area (Å²) in [5.41, 5.74) is 15.6. The van der Waals surface area contributed by atoms with Gasteiger partial charge in [-0.15, -0.1) is 0 Å². The van der Waals surface area contributed by atoms with Crippen LogP contribution in [0.2, 0.25) is 0 Å². The highest BCUT2D eigenvalue weighted by Crippen LogP contribution is 2.36.